The van der Waals surface area contributed by atoms with Crippen LogP contribution >= 0.6 is 11.6 Å². The Balaban J connectivity index is 1.09. The van der Waals surface area contributed by atoms with Gasteiger partial charge in [-0.05, 0) is 80.5 Å². The summed E-state index contributed by atoms with van der Waals surface area (Å²) >= 11 is 6.14. The van der Waals surface area contributed by atoms with Gasteiger partial charge in [0.15, 0.2) is 6.10 Å². The Bertz CT molecular complexity index is 1780. The van der Waals surface area contributed by atoms with E-state index >= 15 is 0 Å². The third-order valence-corrected chi connectivity index (χ3v) is 11.7. The number of carbonyl (C=O) groups excluding carboxylic acids is 4. The molecule has 57 heavy (non-hydrogen) atoms. The zero-order valence-corrected chi connectivity index (χ0v) is 33.1. The number of nitrogens with two attached hydrogens (primary N) is 1. The Hall–Kier alpha value is -4.48. The van der Waals surface area contributed by atoms with Gasteiger partial charge >= 0.3 is 24.3 Å². The summed E-state index contributed by atoms with van der Waals surface area (Å²) in [5.74, 6) is -0.0532. The van der Waals surface area contributed by atoms with Gasteiger partial charge in [-0.3, -0.25) is 19.4 Å². The third kappa shape index (κ3) is 10.3. The number of anilines is 2. The number of methoxy groups -OCH3 is 1. The minimum atomic E-state index is -4.80. The molecule has 18 heteroatoms. The number of ether oxygens (including phenoxy) is 3. The van der Waals surface area contributed by atoms with E-state index in [4.69, 9.17) is 31.5 Å². The summed E-state index contributed by atoms with van der Waals surface area (Å²) in [6, 6.07) is 7.43. The molecule has 0 radical (unpaired) electrons. The van der Waals surface area contributed by atoms with E-state index in [1.54, 1.807) is 29.9 Å². The summed E-state index contributed by atoms with van der Waals surface area (Å²) in [7, 11) is 1.59. The number of urea groups is 1. The number of halogens is 4. The van der Waals surface area contributed by atoms with Gasteiger partial charge in [-0.25, -0.2) is 9.59 Å². The molecule has 4 heterocycles. The zero-order valence-electron chi connectivity index (χ0n) is 32.3. The second-order valence-electron chi connectivity index (χ2n) is 14.9. The molecule has 2 aromatic carbocycles. The van der Waals surface area contributed by atoms with Crippen molar-refractivity contribution in [2.45, 2.75) is 69.8 Å². The standard InChI is InChI=1S/C39H51ClF3N7O7/c1-3-56-34(51)24-46-16-18-47(19-17-46)27-7-11-48(12-8-27)36(52)33(22-25-20-30(39(41,42)43)35(44)31(40)21-25)57-38(54)49-13-9-28(10-14-49)50-15-6-26-23-29(55-2)4-5-32(26)45-37(50)53/h4-5,20-21,23,27-28,33H,3,6-19,22,24,44H2,1-2H3,(H,45,53)/t33-/m1/s1. The number of amides is 4. The Kier molecular flexibility index (Phi) is 13.6. The largest absolute Gasteiger partial charge is 0.497 e. The number of carbonyl (C=O) groups is 4. The summed E-state index contributed by atoms with van der Waals surface area (Å²) in [5.41, 5.74) is 5.65. The second kappa shape index (κ2) is 18.4. The first kappa shape index (κ1) is 42.1. The van der Waals surface area contributed by atoms with Crippen LogP contribution in [-0.4, -0.2) is 146 Å². The van der Waals surface area contributed by atoms with Crippen molar-refractivity contribution >= 4 is 47.0 Å². The summed E-state index contributed by atoms with van der Waals surface area (Å²) in [4.78, 5) is 62.2. The topological polar surface area (TPSA) is 150 Å². The quantitative estimate of drug-likeness (QED) is 0.255. The molecular formula is C39H51ClF3N7O7. The molecule has 4 amide bonds. The lowest BCUT2D eigenvalue weighted by atomic mass is 9.99. The highest BCUT2D eigenvalue weighted by molar-refractivity contribution is 6.33. The molecule has 0 saturated carbocycles. The van der Waals surface area contributed by atoms with Gasteiger partial charge in [0.25, 0.3) is 5.91 Å². The van der Waals surface area contributed by atoms with E-state index in [2.05, 4.69) is 15.1 Å². The normalized spacial score (nSPS) is 19.7. The van der Waals surface area contributed by atoms with Gasteiger partial charge in [-0.15, -0.1) is 0 Å². The molecule has 3 saturated heterocycles. The molecule has 0 unspecified atom stereocenters. The van der Waals surface area contributed by atoms with Crippen LogP contribution in [0.1, 0.15) is 49.3 Å². The van der Waals surface area contributed by atoms with Crippen LogP contribution in [0.5, 0.6) is 5.75 Å². The van der Waals surface area contributed by atoms with Crippen molar-refractivity contribution in [2.24, 2.45) is 0 Å². The lowest BCUT2D eigenvalue weighted by Crippen LogP contribution is -2.55. The van der Waals surface area contributed by atoms with Gasteiger partial charge in [0.05, 0.1) is 36.5 Å². The van der Waals surface area contributed by atoms with Crippen molar-refractivity contribution in [2.75, 3.05) is 90.2 Å². The third-order valence-electron chi connectivity index (χ3n) is 11.4. The Morgan fingerprint density at radius 2 is 1.60 bits per heavy atom. The fourth-order valence-corrected chi connectivity index (χ4v) is 8.45. The highest BCUT2D eigenvalue weighted by Gasteiger charge is 2.38. The lowest BCUT2D eigenvalue weighted by molar-refractivity contribution is -0.145. The molecule has 0 bridgehead atoms. The van der Waals surface area contributed by atoms with Gasteiger partial charge in [0.1, 0.15) is 5.75 Å². The minimum absolute atomic E-state index is 0.0488. The number of hydrogen-bond donors (Lipinski definition) is 2. The first-order chi connectivity index (χ1) is 27.2. The molecule has 4 aliphatic rings. The second-order valence-corrected chi connectivity index (χ2v) is 15.3. The van der Waals surface area contributed by atoms with Gasteiger partial charge in [0, 0.05) is 83.1 Å². The Labute approximate surface area is 335 Å². The molecule has 4 aliphatic heterocycles. The van der Waals surface area contributed by atoms with Crippen LogP contribution in [0.3, 0.4) is 0 Å². The monoisotopic (exact) mass is 821 g/mol. The van der Waals surface area contributed by atoms with E-state index in [9.17, 15) is 32.3 Å². The molecule has 0 spiro atoms. The summed E-state index contributed by atoms with van der Waals surface area (Å²) < 4.78 is 58.0. The number of rotatable bonds is 10. The number of nitrogens with zero attached hydrogens (tertiary/aromatic N) is 5. The van der Waals surface area contributed by atoms with Crippen molar-refractivity contribution in [3.63, 3.8) is 0 Å². The highest BCUT2D eigenvalue weighted by atomic mass is 35.5. The van der Waals surface area contributed by atoms with Crippen molar-refractivity contribution in [3.8, 4) is 5.75 Å². The molecule has 2 aromatic rings. The van der Waals surface area contributed by atoms with E-state index < -0.39 is 35.5 Å². The maximum Gasteiger partial charge on any atom is 0.418 e. The molecule has 1 atom stereocenters. The molecule has 0 aliphatic carbocycles. The van der Waals surface area contributed by atoms with Gasteiger partial charge in [0.2, 0.25) is 0 Å². The molecule has 3 fully saturated rings. The predicted molar refractivity (Wildman–Crippen MR) is 206 cm³/mol. The minimum Gasteiger partial charge on any atom is -0.497 e. The predicted octanol–water partition coefficient (Wildman–Crippen LogP) is 4.72. The number of esters is 1. The van der Waals surface area contributed by atoms with E-state index in [0.29, 0.717) is 77.2 Å². The smallest absolute Gasteiger partial charge is 0.418 e. The van der Waals surface area contributed by atoms with E-state index in [1.165, 1.54) is 11.0 Å². The number of nitrogen functional groups attached to an aromatic ring is 1. The maximum atomic E-state index is 14.1. The molecule has 6 rings (SSSR count). The SMILES string of the molecule is CCOC(=O)CN1CCN(C2CCN(C(=O)[C@@H](Cc3cc(Cl)c(N)c(C(F)(F)F)c3)OC(=O)N3CCC(N4CCc5cc(OC)ccc5NC4=O)CC3)CC2)CC1. The van der Waals surface area contributed by atoms with Crippen molar-refractivity contribution in [3.05, 3.63) is 52.0 Å². The number of hydrogen-bond acceptors (Lipinski definition) is 10. The average molecular weight is 822 g/mol. The van der Waals surface area contributed by atoms with Crippen LogP contribution in [0.25, 0.3) is 0 Å². The molecule has 14 nitrogen and oxygen atoms in total. The van der Waals surface area contributed by atoms with Crippen molar-refractivity contribution < 1.29 is 46.6 Å². The number of nitrogens with one attached hydrogen (secondary N) is 1. The van der Waals surface area contributed by atoms with Gasteiger partial charge in [-0.2, -0.15) is 13.2 Å². The summed E-state index contributed by atoms with van der Waals surface area (Å²) in [6.45, 7) is 7.04. The lowest BCUT2D eigenvalue weighted by Gasteiger charge is -2.43. The molecule has 3 N–H and O–H groups in total. The number of fused-ring (bicyclic) bond motifs is 1. The van der Waals surface area contributed by atoms with Crippen LogP contribution in [0, 0.1) is 0 Å². The Morgan fingerprint density at radius 1 is 0.930 bits per heavy atom. The van der Waals surface area contributed by atoms with Crippen LogP contribution in [0.15, 0.2) is 30.3 Å². The fraction of sp³-hybridized carbons (Fsp3) is 0.590. The van der Waals surface area contributed by atoms with Crippen LogP contribution in [0.2, 0.25) is 5.02 Å². The number of alkyl halides is 3. The zero-order chi connectivity index (χ0) is 40.9. The van der Waals surface area contributed by atoms with Gasteiger partial charge < -0.3 is 40.0 Å². The molecule has 0 aromatic heterocycles. The number of piperazine rings is 1. The Morgan fingerprint density at radius 3 is 2.25 bits per heavy atom. The van der Waals surface area contributed by atoms with Crippen molar-refractivity contribution in [1.29, 1.82) is 0 Å². The molecular weight excluding hydrogens is 771 g/mol. The van der Waals surface area contributed by atoms with E-state index in [1.807, 2.05) is 12.1 Å². The van der Waals surface area contributed by atoms with E-state index in [0.717, 1.165) is 30.4 Å². The maximum absolute atomic E-state index is 14.1. The number of piperidine rings is 2. The fourth-order valence-electron chi connectivity index (χ4n) is 8.21. The van der Waals surface area contributed by atoms with Crippen LogP contribution in [-0.2, 0) is 38.1 Å². The highest BCUT2D eigenvalue weighted by Crippen LogP contribution is 2.38. The average Bonchev–Trinajstić information content (AvgIpc) is 3.36. The van der Waals surface area contributed by atoms with Gasteiger partial charge in [-0.1, -0.05) is 11.6 Å². The summed E-state index contributed by atoms with van der Waals surface area (Å²) in [6.07, 6.45) is -4.46. The number of likely N-dealkylation sites (tertiary alicyclic amines) is 2. The summed E-state index contributed by atoms with van der Waals surface area (Å²) in [5, 5.41) is 2.66. The van der Waals surface area contributed by atoms with Crippen molar-refractivity contribution in [1.82, 2.24) is 24.5 Å². The van der Waals surface area contributed by atoms with Crippen LogP contribution < -0.4 is 15.8 Å². The van der Waals surface area contributed by atoms with E-state index in [-0.39, 0.29) is 60.7 Å². The first-order valence-electron chi connectivity index (χ1n) is 19.5. The number of benzene rings is 2. The first-order valence-corrected chi connectivity index (χ1v) is 19.9. The van der Waals surface area contributed by atoms with Crippen LogP contribution in [0.4, 0.5) is 34.1 Å². The molecule has 312 valence electrons.